The van der Waals surface area contributed by atoms with Crippen LogP contribution >= 0.6 is 0 Å². The summed E-state index contributed by atoms with van der Waals surface area (Å²) >= 11 is 0. The first kappa shape index (κ1) is 16.2. The van der Waals surface area contributed by atoms with E-state index in [2.05, 4.69) is 6.07 Å². The zero-order chi connectivity index (χ0) is 6.81. The van der Waals surface area contributed by atoms with Gasteiger partial charge >= 0.3 is 0 Å². The number of hydrogen-bond acceptors (Lipinski definition) is 1. The maximum atomic E-state index is 5.24. The van der Waals surface area contributed by atoms with Crippen molar-refractivity contribution in [2.75, 3.05) is 0 Å². The van der Waals surface area contributed by atoms with Crippen molar-refractivity contribution in [2.24, 2.45) is 0 Å². The molecule has 13 heavy (non-hydrogen) atoms. The Balaban J connectivity index is 0. The Morgan fingerprint density at radius 3 is 2.54 bits per heavy atom. The van der Waals surface area contributed by atoms with Crippen LogP contribution in [0.2, 0.25) is 0 Å². The van der Waals surface area contributed by atoms with Crippen LogP contribution in [-0.2, 0) is 45.2 Å². The first-order valence-corrected chi connectivity index (χ1v) is 3.36. The Kier molecular flexibility index (Phi) is 10.2. The molecule has 0 saturated carbocycles. The molecule has 2 rings (SSSR count). The number of benzene rings is 1. The van der Waals surface area contributed by atoms with E-state index in [0.29, 0.717) is 0 Å². The van der Waals surface area contributed by atoms with Crippen molar-refractivity contribution in [1.82, 2.24) is 0 Å². The van der Waals surface area contributed by atoms with Gasteiger partial charge in [-0.3, -0.25) is 0 Å². The average molecular weight is 357 g/mol. The number of fused-ring (bicyclic) bond motifs is 1. The molecule has 0 amide bonds. The second-order valence-electron chi connectivity index (χ2n) is 2.30. The van der Waals surface area contributed by atoms with Crippen LogP contribution in [0.5, 0.6) is 5.75 Å². The van der Waals surface area contributed by atoms with Crippen molar-refractivity contribution in [2.45, 2.75) is 6.42 Å². The minimum absolute atomic E-state index is 0. The predicted octanol–water partition coefficient (Wildman–Crippen LogP) is 1.75. The topological polar surface area (TPSA) is 9.23 Å². The Bertz CT molecular complexity index is 251. The molecule has 1 aliphatic heterocycles. The standard InChI is InChI=1S/C9H8O.Mn.Sb.Ti/c1-2-6-9-8(4-1)5-3-7-10-9;;;/h1-4,6-7H,5H2;;;. The Labute approximate surface area is 121 Å². The summed E-state index contributed by atoms with van der Waals surface area (Å²) < 4.78 is 5.24. The third-order valence-electron chi connectivity index (χ3n) is 1.60. The summed E-state index contributed by atoms with van der Waals surface area (Å²) in [5, 5.41) is 0. The second-order valence-corrected chi connectivity index (χ2v) is 2.30. The zero-order valence-corrected chi connectivity index (χ0v) is 12.2. The third kappa shape index (κ3) is 4.23. The number of rotatable bonds is 0. The summed E-state index contributed by atoms with van der Waals surface area (Å²) in [6, 6.07) is 8.08. The molecule has 1 heterocycles. The fraction of sp³-hybridized carbons (Fsp3) is 0.111. The van der Waals surface area contributed by atoms with Gasteiger partial charge in [-0.15, -0.1) is 0 Å². The SMILES string of the molecule is C1=COc2ccccc2C1.[Mn].[Sb].[Ti]. The third-order valence-corrected chi connectivity index (χ3v) is 1.60. The van der Waals surface area contributed by atoms with Crippen molar-refractivity contribution in [3.63, 3.8) is 0 Å². The van der Waals surface area contributed by atoms with E-state index in [1.54, 1.807) is 6.26 Å². The monoisotopic (exact) mass is 356 g/mol. The largest absolute Gasteiger partial charge is 0.465 e. The van der Waals surface area contributed by atoms with Crippen LogP contribution in [0, 0.1) is 0 Å². The summed E-state index contributed by atoms with van der Waals surface area (Å²) in [7, 11) is 0. The Hall–Kier alpha value is 0.812. The molecule has 0 saturated heterocycles. The molecule has 1 aromatic rings. The van der Waals surface area contributed by atoms with E-state index in [4.69, 9.17) is 4.74 Å². The number of ether oxygens (including phenoxy) is 1. The van der Waals surface area contributed by atoms with E-state index in [1.165, 1.54) is 5.56 Å². The summed E-state index contributed by atoms with van der Waals surface area (Å²) in [5.74, 6) is 0.991. The predicted molar refractivity (Wildman–Crippen MR) is 45.7 cm³/mol. The minimum Gasteiger partial charge on any atom is -0.465 e. The fourth-order valence-corrected chi connectivity index (χ4v) is 1.08. The molecule has 4 heteroatoms. The molecule has 0 unspecified atom stereocenters. The molecule has 1 nitrogen and oxygen atoms in total. The molecule has 0 spiro atoms. The van der Waals surface area contributed by atoms with E-state index in [9.17, 15) is 0 Å². The van der Waals surface area contributed by atoms with Gasteiger partial charge in [0.25, 0.3) is 0 Å². The Morgan fingerprint density at radius 2 is 1.85 bits per heavy atom. The van der Waals surface area contributed by atoms with Crippen molar-refractivity contribution in [3.05, 3.63) is 42.2 Å². The van der Waals surface area contributed by atoms with Crippen molar-refractivity contribution >= 4 is 24.4 Å². The van der Waals surface area contributed by atoms with E-state index >= 15 is 0 Å². The van der Waals surface area contributed by atoms with E-state index < -0.39 is 0 Å². The van der Waals surface area contributed by atoms with Gasteiger partial charge in [-0.05, 0) is 24.1 Å². The molecule has 0 bridgehead atoms. The van der Waals surface area contributed by atoms with Gasteiger partial charge in [0.1, 0.15) is 5.75 Å². The Morgan fingerprint density at radius 1 is 1.15 bits per heavy atom. The van der Waals surface area contributed by atoms with Crippen LogP contribution in [0.4, 0.5) is 0 Å². The van der Waals surface area contributed by atoms with E-state index in [0.717, 1.165) is 12.2 Å². The smallest absolute Gasteiger partial charge is 0.130 e. The maximum absolute atomic E-state index is 5.24. The van der Waals surface area contributed by atoms with Crippen molar-refractivity contribution < 1.29 is 43.5 Å². The van der Waals surface area contributed by atoms with Gasteiger partial charge in [-0.1, -0.05) is 18.2 Å². The molecule has 0 atom stereocenters. The maximum Gasteiger partial charge on any atom is 0.130 e. The molecular formula is C9H8MnOSbTi. The molecular weight excluding hydrogens is 349 g/mol. The van der Waals surface area contributed by atoms with Crippen LogP contribution in [0.25, 0.3) is 0 Å². The van der Waals surface area contributed by atoms with Gasteiger partial charge in [0.05, 0.1) is 6.26 Å². The van der Waals surface area contributed by atoms with Crippen LogP contribution in [0.1, 0.15) is 5.56 Å². The first-order valence-electron chi connectivity index (χ1n) is 3.36. The van der Waals surface area contributed by atoms with Crippen molar-refractivity contribution in [3.8, 4) is 5.75 Å². The summed E-state index contributed by atoms with van der Waals surface area (Å²) in [6.07, 6.45) is 4.75. The molecule has 0 fully saturated rings. The second kappa shape index (κ2) is 8.15. The van der Waals surface area contributed by atoms with Crippen LogP contribution < -0.4 is 4.74 Å². The zero-order valence-electron chi connectivity index (χ0n) is 6.90. The summed E-state index contributed by atoms with van der Waals surface area (Å²) in [6.45, 7) is 0. The van der Waals surface area contributed by atoms with Crippen molar-refractivity contribution in [1.29, 1.82) is 0 Å². The quantitative estimate of drug-likeness (QED) is 0.644. The van der Waals surface area contributed by atoms with Gasteiger partial charge in [0.15, 0.2) is 0 Å². The van der Waals surface area contributed by atoms with Gasteiger partial charge in [0, 0.05) is 63.2 Å². The van der Waals surface area contributed by atoms with E-state index in [-0.39, 0.29) is 63.2 Å². The fourth-order valence-electron chi connectivity index (χ4n) is 1.08. The van der Waals surface area contributed by atoms with Crippen LogP contribution in [0.3, 0.4) is 0 Å². The molecule has 0 N–H and O–H groups in total. The van der Waals surface area contributed by atoms with Gasteiger partial charge in [0.2, 0.25) is 0 Å². The minimum atomic E-state index is 0. The normalized spacial score (nSPS) is 10.8. The molecule has 4 radical (unpaired) electrons. The van der Waals surface area contributed by atoms with Gasteiger partial charge < -0.3 is 4.74 Å². The summed E-state index contributed by atoms with van der Waals surface area (Å²) in [5.41, 5.74) is 1.27. The molecule has 1 aliphatic rings. The van der Waals surface area contributed by atoms with E-state index in [1.807, 2.05) is 24.3 Å². The first-order chi connectivity index (χ1) is 4.97. The number of hydrogen-bond donors (Lipinski definition) is 0. The number of para-hydroxylation sites is 1. The average Bonchev–Trinajstić information content (AvgIpc) is 2.05. The molecule has 66 valence electrons. The molecule has 0 aromatic heterocycles. The summed E-state index contributed by atoms with van der Waals surface area (Å²) in [4.78, 5) is 0. The molecule has 1 aromatic carbocycles. The van der Waals surface area contributed by atoms with Gasteiger partial charge in [-0.25, -0.2) is 0 Å². The van der Waals surface area contributed by atoms with Crippen LogP contribution in [0.15, 0.2) is 36.6 Å². The number of allylic oxidation sites excluding steroid dienone is 1. The molecule has 0 aliphatic carbocycles. The van der Waals surface area contributed by atoms with Crippen LogP contribution in [-0.4, -0.2) is 24.4 Å². The van der Waals surface area contributed by atoms with Gasteiger partial charge in [-0.2, -0.15) is 0 Å².